The number of nitrogens with zero attached hydrogens (tertiary/aromatic N) is 5. The van der Waals surface area contributed by atoms with Gasteiger partial charge in [0.15, 0.2) is 0 Å². The fraction of sp³-hybridized carbons (Fsp3) is 0.273. The number of likely N-dealkylation sites (tertiary alicyclic amines) is 1. The highest BCUT2D eigenvalue weighted by molar-refractivity contribution is 5.94. The van der Waals surface area contributed by atoms with E-state index >= 15 is 0 Å². The Morgan fingerprint density at radius 3 is 2.46 bits per heavy atom. The normalized spacial score (nSPS) is 14.6. The summed E-state index contributed by atoms with van der Waals surface area (Å²) in [6, 6.07) is 13.0. The highest BCUT2D eigenvalue weighted by Gasteiger charge is 2.27. The molecule has 6 nitrogen and oxygen atoms in total. The predicted molar refractivity (Wildman–Crippen MR) is 105 cm³/mol. The maximum Gasteiger partial charge on any atom is 0.253 e. The molecular formula is C22H21N5O. The van der Waals surface area contributed by atoms with Crippen molar-refractivity contribution in [1.82, 2.24) is 19.4 Å². The maximum atomic E-state index is 12.7. The van der Waals surface area contributed by atoms with Crippen LogP contribution in [0.3, 0.4) is 0 Å². The highest BCUT2D eigenvalue weighted by atomic mass is 16.2. The van der Waals surface area contributed by atoms with E-state index in [-0.39, 0.29) is 5.91 Å². The summed E-state index contributed by atoms with van der Waals surface area (Å²) in [5, 5.41) is 8.89. The summed E-state index contributed by atoms with van der Waals surface area (Å²) in [5.41, 5.74) is 2.40. The number of rotatable bonds is 4. The number of amides is 1. The van der Waals surface area contributed by atoms with Crippen molar-refractivity contribution in [2.24, 2.45) is 0 Å². The second kappa shape index (κ2) is 8.05. The molecule has 1 aliphatic heterocycles. The zero-order chi connectivity index (χ0) is 19.3. The minimum atomic E-state index is 0.0306. The minimum absolute atomic E-state index is 0.0306. The topological polar surface area (TPSA) is 74.8 Å². The molecule has 6 heteroatoms. The molecule has 0 N–H and O–H groups in total. The summed E-state index contributed by atoms with van der Waals surface area (Å²) >= 11 is 0. The molecule has 0 bridgehead atoms. The van der Waals surface area contributed by atoms with E-state index < -0.39 is 0 Å². The molecule has 1 fully saturated rings. The predicted octanol–water partition coefficient (Wildman–Crippen LogP) is 3.22. The molecule has 0 saturated carbocycles. The largest absolute Gasteiger partial charge is 0.339 e. The van der Waals surface area contributed by atoms with Crippen molar-refractivity contribution in [2.45, 2.75) is 25.3 Å². The molecular weight excluding hydrogens is 350 g/mol. The Morgan fingerprint density at radius 2 is 1.79 bits per heavy atom. The lowest BCUT2D eigenvalue weighted by Gasteiger charge is -2.32. The van der Waals surface area contributed by atoms with Gasteiger partial charge in [-0.2, -0.15) is 5.26 Å². The Balaban J connectivity index is 1.40. The smallest absolute Gasteiger partial charge is 0.253 e. The van der Waals surface area contributed by atoms with Gasteiger partial charge in [0.1, 0.15) is 5.82 Å². The van der Waals surface area contributed by atoms with E-state index in [1.54, 1.807) is 36.7 Å². The lowest BCUT2D eigenvalue weighted by atomic mass is 9.95. The number of carbonyl (C=O) groups is 1. The highest BCUT2D eigenvalue weighted by Crippen LogP contribution is 2.28. The van der Waals surface area contributed by atoms with Gasteiger partial charge in [-0.25, -0.2) is 4.98 Å². The summed E-state index contributed by atoms with van der Waals surface area (Å²) in [7, 11) is 0. The molecule has 28 heavy (non-hydrogen) atoms. The van der Waals surface area contributed by atoms with Gasteiger partial charge in [-0.3, -0.25) is 9.78 Å². The van der Waals surface area contributed by atoms with Gasteiger partial charge in [0.05, 0.1) is 11.6 Å². The molecule has 140 valence electrons. The molecule has 0 aliphatic carbocycles. The Kier molecular flexibility index (Phi) is 5.16. The molecule has 0 spiro atoms. The van der Waals surface area contributed by atoms with Crippen LogP contribution in [-0.4, -0.2) is 38.4 Å². The average molecular weight is 371 g/mol. The van der Waals surface area contributed by atoms with Gasteiger partial charge in [-0.15, -0.1) is 0 Å². The van der Waals surface area contributed by atoms with Gasteiger partial charge < -0.3 is 9.47 Å². The fourth-order valence-electron chi connectivity index (χ4n) is 3.71. The van der Waals surface area contributed by atoms with E-state index in [1.165, 1.54) is 5.56 Å². The maximum absolute atomic E-state index is 12.7. The number of aromatic nitrogens is 3. The average Bonchev–Trinajstić information content (AvgIpc) is 3.22. The van der Waals surface area contributed by atoms with Crippen molar-refractivity contribution in [3.8, 4) is 6.07 Å². The van der Waals surface area contributed by atoms with Crippen LogP contribution in [0.15, 0.2) is 61.2 Å². The molecule has 4 rings (SSSR count). The van der Waals surface area contributed by atoms with E-state index in [2.05, 4.69) is 20.6 Å². The second-order valence-corrected chi connectivity index (χ2v) is 7.02. The lowest BCUT2D eigenvalue weighted by Crippen LogP contribution is -2.38. The molecule has 0 unspecified atom stereocenters. The number of pyridine rings is 1. The number of nitriles is 1. The monoisotopic (exact) mass is 371 g/mol. The number of carbonyl (C=O) groups excluding carboxylic acids is 1. The summed E-state index contributed by atoms with van der Waals surface area (Å²) in [4.78, 5) is 23.3. The number of piperidine rings is 1. The summed E-state index contributed by atoms with van der Waals surface area (Å²) in [6.07, 6.45) is 9.28. The first-order chi connectivity index (χ1) is 13.7. The van der Waals surface area contributed by atoms with E-state index in [0.717, 1.165) is 25.2 Å². The standard InChI is InChI=1S/C22H21N5O/c23-15-17-1-3-20(4-2-17)22(28)26-12-7-19(8-13-26)21-25-11-14-27(21)16-18-5-9-24-10-6-18/h1-6,9-11,14,19H,7-8,12-13,16H2. The van der Waals surface area contributed by atoms with E-state index in [1.807, 2.05) is 29.4 Å². The Bertz CT molecular complexity index is 980. The van der Waals surface area contributed by atoms with Gasteiger partial charge in [-0.1, -0.05) is 0 Å². The van der Waals surface area contributed by atoms with Crippen LogP contribution in [-0.2, 0) is 6.54 Å². The number of benzene rings is 1. The van der Waals surface area contributed by atoms with Crippen LogP contribution in [0.1, 0.15) is 46.1 Å². The van der Waals surface area contributed by atoms with Crippen LogP contribution >= 0.6 is 0 Å². The van der Waals surface area contributed by atoms with Gasteiger partial charge in [-0.05, 0) is 54.8 Å². The SMILES string of the molecule is N#Cc1ccc(C(=O)N2CCC(c3nccn3Cc3ccncc3)CC2)cc1. The first-order valence-corrected chi connectivity index (χ1v) is 9.44. The Labute approximate surface area is 164 Å². The first kappa shape index (κ1) is 17.9. The molecule has 3 aromatic rings. The van der Waals surface area contributed by atoms with Crippen molar-refractivity contribution in [1.29, 1.82) is 5.26 Å². The summed E-state index contributed by atoms with van der Waals surface area (Å²) in [6.45, 7) is 2.21. The Hall–Kier alpha value is -3.46. The van der Waals surface area contributed by atoms with Crippen LogP contribution in [0.5, 0.6) is 0 Å². The van der Waals surface area contributed by atoms with Crippen LogP contribution < -0.4 is 0 Å². The van der Waals surface area contributed by atoms with Crippen LogP contribution in [0.2, 0.25) is 0 Å². The van der Waals surface area contributed by atoms with Crippen LogP contribution in [0, 0.1) is 11.3 Å². The molecule has 1 saturated heterocycles. The molecule has 0 radical (unpaired) electrons. The van der Waals surface area contributed by atoms with Crippen molar-refractivity contribution in [3.05, 3.63) is 83.7 Å². The van der Waals surface area contributed by atoms with Gasteiger partial charge >= 0.3 is 0 Å². The van der Waals surface area contributed by atoms with E-state index in [4.69, 9.17) is 5.26 Å². The van der Waals surface area contributed by atoms with Crippen LogP contribution in [0.4, 0.5) is 0 Å². The van der Waals surface area contributed by atoms with Crippen LogP contribution in [0.25, 0.3) is 0 Å². The molecule has 1 aromatic carbocycles. The third-order valence-electron chi connectivity index (χ3n) is 5.26. The summed E-state index contributed by atoms with van der Waals surface area (Å²) < 4.78 is 2.19. The summed E-state index contributed by atoms with van der Waals surface area (Å²) in [5.74, 6) is 1.47. The van der Waals surface area contributed by atoms with E-state index in [0.29, 0.717) is 30.1 Å². The van der Waals surface area contributed by atoms with Gasteiger partial charge in [0, 0.05) is 55.9 Å². The van der Waals surface area contributed by atoms with Gasteiger partial charge in [0.25, 0.3) is 5.91 Å². The lowest BCUT2D eigenvalue weighted by molar-refractivity contribution is 0.0710. The first-order valence-electron chi connectivity index (χ1n) is 9.44. The molecule has 1 aliphatic rings. The number of hydrogen-bond acceptors (Lipinski definition) is 4. The third kappa shape index (κ3) is 3.79. The fourth-order valence-corrected chi connectivity index (χ4v) is 3.71. The molecule has 1 amide bonds. The quantitative estimate of drug-likeness (QED) is 0.706. The zero-order valence-electron chi connectivity index (χ0n) is 15.5. The number of imidazole rings is 1. The third-order valence-corrected chi connectivity index (χ3v) is 5.26. The van der Waals surface area contributed by atoms with Crippen molar-refractivity contribution < 1.29 is 4.79 Å². The minimum Gasteiger partial charge on any atom is -0.339 e. The second-order valence-electron chi connectivity index (χ2n) is 7.02. The Morgan fingerprint density at radius 1 is 1.07 bits per heavy atom. The zero-order valence-corrected chi connectivity index (χ0v) is 15.5. The van der Waals surface area contributed by atoms with Gasteiger partial charge in [0.2, 0.25) is 0 Å². The molecule has 0 atom stereocenters. The van der Waals surface area contributed by atoms with E-state index in [9.17, 15) is 4.79 Å². The number of hydrogen-bond donors (Lipinski definition) is 0. The van der Waals surface area contributed by atoms with Crippen molar-refractivity contribution in [3.63, 3.8) is 0 Å². The molecule has 3 heterocycles. The molecule has 2 aromatic heterocycles. The van der Waals surface area contributed by atoms with Crippen molar-refractivity contribution >= 4 is 5.91 Å². The van der Waals surface area contributed by atoms with Crippen molar-refractivity contribution in [2.75, 3.05) is 13.1 Å².